The quantitative estimate of drug-likeness (QED) is 0.508. The third kappa shape index (κ3) is 3.46. The number of hydrogen-bond donors (Lipinski definition) is 0. The number of benzene rings is 2. The highest BCUT2D eigenvalue weighted by atomic mass is 16.5. The lowest BCUT2D eigenvalue weighted by atomic mass is 10.2. The molecule has 132 valence electrons. The largest absolute Gasteiger partial charge is 0.465 e. The van der Waals surface area contributed by atoms with Gasteiger partial charge in [-0.15, -0.1) is 0 Å². The van der Waals surface area contributed by atoms with E-state index in [2.05, 4.69) is 15.0 Å². The number of pyridine rings is 1. The molecule has 0 N–H and O–H groups in total. The molecule has 0 aliphatic heterocycles. The summed E-state index contributed by atoms with van der Waals surface area (Å²) < 4.78 is 10.7. The van der Waals surface area contributed by atoms with Crippen LogP contribution in [0.3, 0.4) is 0 Å². The minimum atomic E-state index is -0.397. The van der Waals surface area contributed by atoms with Crippen LogP contribution >= 0.6 is 0 Å². The van der Waals surface area contributed by atoms with Crippen LogP contribution in [0.5, 0.6) is 11.6 Å². The summed E-state index contributed by atoms with van der Waals surface area (Å²) in [5, 5.41) is 0.786. The molecule has 0 spiro atoms. The Morgan fingerprint density at radius 2 is 1.67 bits per heavy atom. The van der Waals surface area contributed by atoms with Crippen molar-refractivity contribution >= 4 is 16.9 Å². The van der Waals surface area contributed by atoms with Crippen molar-refractivity contribution in [3.63, 3.8) is 0 Å². The van der Waals surface area contributed by atoms with Crippen LogP contribution in [-0.2, 0) is 4.74 Å². The SMILES string of the molecule is COC(=O)c1ccc(Oc2nc(-c3ccccn3)nc3ccccc23)cc1. The molecule has 0 aliphatic rings. The molecule has 4 rings (SSSR count). The Labute approximate surface area is 155 Å². The summed E-state index contributed by atoms with van der Waals surface area (Å²) in [6, 6.07) is 19.9. The summed E-state index contributed by atoms with van der Waals surface area (Å²) >= 11 is 0. The van der Waals surface area contributed by atoms with Gasteiger partial charge in [0.1, 0.15) is 11.4 Å². The zero-order valence-corrected chi connectivity index (χ0v) is 14.5. The minimum absolute atomic E-state index is 0.397. The van der Waals surface area contributed by atoms with Crippen molar-refractivity contribution in [1.82, 2.24) is 15.0 Å². The Balaban J connectivity index is 1.75. The van der Waals surface area contributed by atoms with E-state index in [1.165, 1.54) is 7.11 Å². The number of methoxy groups -OCH3 is 1. The molecule has 0 saturated heterocycles. The normalized spacial score (nSPS) is 10.6. The van der Waals surface area contributed by atoms with Gasteiger partial charge in [-0.05, 0) is 48.5 Å². The predicted octanol–water partition coefficient (Wildman–Crippen LogP) is 4.27. The second-order valence-corrected chi connectivity index (χ2v) is 5.70. The van der Waals surface area contributed by atoms with Gasteiger partial charge in [0, 0.05) is 6.20 Å². The van der Waals surface area contributed by atoms with Gasteiger partial charge in [0.25, 0.3) is 0 Å². The van der Waals surface area contributed by atoms with E-state index in [1.807, 2.05) is 42.5 Å². The molecule has 2 heterocycles. The average molecular weight is 357 g/mol. The Morgan fingerprint density at radius 1 is 0.889 bits per heavy atom. The second kappa shape index (κ2) is 7.21. The number of rotatable bonds is 4. The number of hydrogen-bond acceptors (Lipinski definition) is 6. The van der Waals surface area contributed by atoms with Gasteiger partial charge in [-0.2, -0.15) is 4.98 Å². The lowest BCUT2D eigenvalue weighted by molar-refractivity contribution is 0.0600. The fourth-order valence-corrected chi connectivity index (χ4v) is 2.62. The topological polar surface area (TPSA) is 74.2 Å². The standard InChI is InChI=1S/C21H15N3O3/c1-26-21(25)14-9-11-15(12-10-14)27-20-16-6-2-3-7-17(16)23-19(24-20)18-8-4-5-13-22-18/h2-13H,1H3. The van der Waals surface area contributed by atoms with Gasteiger partial charge < -0.3 is 9.47 Å². The van der Waals surface area contributed by atoms with Gasteiger partial charge in [0.15, 0.2) is 5.82 Å². The van der Waals surface area contributed by atoms with Crippen molar-refractivity contribution < 1.29 is 14.3 Å². The van der Waals surface area contributed by atoms with Crippen LogP contribution in [0, 0.1) is 0 Å². The summed E-state index contributed by atoms with van der Waals surface area (Å²) in [5.41, 5.74) is 1.87. The van der Waals surface area contributed by atoms with E-state index in [0.717, 1.165) is 10.9 Å². The summed E-state index contributed by atoms with van der Waals surface area (Å²) in [7, 11) is 1.35. The van der Waals surface area contributed by atoms with Crippen LogP contribution in [0.15, 0.2) is 72.9 Å². The second-order valence-electron chi connectivity index (χ2n) is 5.70. The molecule has 6 nitrogen and oxygen atoms in total. The maximum Gasteiger partial charge on any atom is 0.337 e. The van der Waals surface area contributed by atoms with E-state index < -0.39 is 5.97 Å². The maximum atomic E-state index is 11.6. The van der Waals surface area contributed by atoms with Crippen LogP contribution in [0.2, 0.25) is 0 Å². The van der Waals surface area contributed by atoms with Crippen molar-refractivity contribution in [1.29, 1.82) is 0 Å². The first-order chi connectivity index (χ1) is 13.2. The van der Waals surface area contributed by atoms with Crippen LogP contribution < -0.4 is 4.74 Å². The number of esters is 1. The molecule has 6 heteroatoms. The summed E-state index contributed by atoms with van der Waals surface area (Å²) in [6.45, 7) is 0. The maximum absolute atomic E-state index is 11.6. The van der Waals surface area contributed by atoms with Gasteiger partial charge in [-0.1, -0.05) is 18.2 Å². The Bertz CT molecular complexity index is 1100. The Morgan fingerprint density at radius 3 is 2.41 bits per heavy atom. The van der Waals surface area contributed by atoms with Gasteiger partial charge >= 0.3 is 5.97 Å². The number of nitrogens with zero attached hydrogens (tertiary/aromatic N) is 3. The smallest absolute Gasteiger partial charge is 0.337 e. The molecule has 0 atom stereocenters. The van der Waals surface area contributed by atoms with E-state index in [9.17, 15) is 4.79 Å². The number of ether oxygens (including phenoxy) is 2. The van der Waals surface area contributed by atoms with Crippen LogP contribution in [-0.4, -0.2) is 28.0 Å². The highest BCUT2D eigenvalue weighted by Gasteiger charge is 2.12. The first-order valence-electron chi connectivity index (χ1n) is 8.29. The van der Waals surface area contributed by atoms with Crippen molar-refractivity contribution in [2.24, 2.45) is 0 Å². The molecule has 27 heavy (non-hydrogen) atoms. The summed E-state index contributed by atoms with van der Waals surface area (Å²) in [6.07, 6.45) is 1.69. The molecule has 0 aliphatic carbocycles. The van der Waals surface area contributed by atoms with E-state index in [-0.39, 0.29) is 0 Å². The third-order valence-corrected chi connectivity index (χ3v) is 3.95. The molecular weight excluding hydrogens is 342 g/mol. The first kappa shape index (κ1) is 16.7. The van der Waals surface area contributed by atoms with Crippen LogP contribution in [0.25, 0.3) is 22.4 Å². The molecule has 0 bridgehead atoms. The lowest BCUT2D eigenvalue weighted by Gasteiger charge is -2.10. The van der Waals surface area contributed by atoms with Gasteiger partial charge in [-0.3, -0.25) is 4.98 Å². The lowest BCUT2D eigenvalue weighted by Crippen LogP contribution is -2.01. The molecule has 0 unspecified atom stereocenters. The van der Waals surface area contributed by atoms with E-state index >= 15 is 0 Å². The van der Waals surface area contributed by atoms with E-state index in [1.54, 1.807) is 30.5 Å². The van der Waals surface area contributed by atoms with E-state index in [4.69, 9.17) is 9.47 Å². The molecular formula is C21H15N3O3. The molecule has 4 aromatic rings. The van der Waals surface area contributed by atoms with Crippen molar-refractivity contribution in [3.8, 4) is 23.1 Å². The highest BCUT2D eigenvalue weighted by Crippen LogP contribution is 2.29. The van der Waals surface area contributed by atoms with Crippen LogP contribution in [0.4, 0.5) is 0 Å². The van der Waals surface area contributed by atoms with Gasteiger partial charge in [-0.25, -0.2) is 9.78 Å². The molecule has 2 aromatic carbocycles. The Kier molecular flexibility index (Phi) is 4.45. The minimum Gasteiger partial charge on any atom is -0.465 e. The van der Waals surface area contributed by atoms with Gasteiger partial charge in [0.2, 0.25) is 5.88 Å². The molecule has 0 saturated carbocycles. The zero-order chi connectivity index (χ0) is 18.6. The average Bonchev–Trinajstić information content (AvgIpc) is 2.74. The number of para-hydroxylation sites is 1. The number of carbonyl (C=O) groups excluding carboxylic acids is 1. The number of aromatic nitrogens is 3. The molecule has 0 amide bonds. The highest BCUT2D eigenvalue weighted by molar-refractivity contribution is 5.89. The summed E-state index contributed by atoms with van der Waals surface area (Å²) in [5.74, 6) is 1.06. The third-order valence-electron chi connectivity index (χ3n) is 3.95. The monoisotopic (exact) mass is 357 g/mol. The molecule has 2 aromatic heterocycles. The van der Waals surface area contributed by atoms with Crippen molar-refractivity contribution in [3.05, 3.63) is 78.5 Å². The van der Waals surface area contributed by atoms with Crippen molar-refractivity contribution in [2.75, 3.05) is 7.11 Å². The number of carbonyl (C=O) groups is 1. The zero-order valence-electron chi connectivity index (χ0n) is 14.5. The Hall–Kier alpha value is -3.80. The van der Waals surface area contributed by atoms with Crippen molar-refractivity contribution in [2.45, 2.75) is 0 Å². The molecule has 0 radical (unpaired) electrons. The first-order valence-corrected chi connectivity index (χ1v) is 8.29. The summed E-state index contributed by atoms with van der Waals surface area (Å²) in [4.78, 5) is 25.0. The van der Waals surface area contributed by atoms with E-state index in [0.29, 0.717) is 28.7 Å². The molecule has 0 fully saturated rings. The van der Waals surface area contributed by atoms with Gasteiger partial charge in [0.05, 0.1) is 23.6 Å². The fourth-order valence-electron chi connectivity index (χ4n) is 2.62. The predicted molar refractivity (Wildman–Crippen MR) is 101 cm³/mol. The number of fused-ring (bicyclic) bond motifs is 1. The fraction of sp³-hybridized carbons (Fsp3) is 0.0476. The van der Waals surface area contributed by atoms with Crippen LogP contribution in [0.1, 0.15) is 10.4 Å².